The summed E-state index contributed by atoms with van der Waals surface area (Å²) in [5, 5.41) is 2.08. The summed E-state index contributed by atoms with van der Waals surface area (Å²) in [7, 11) is 0. The van der Waals surface area contributed by atoms with Gasteiger partial charge in [-0.1, -0.05) is 0 Å². The van der Waals surface area contributed by atoms with Crippen molar-refractivity contribution in [2.45, 2.75) is 26.3 Å². The fourth-order valence-electron chi connectivity index (χ4n) is 2.62. The first-order valence-corrected chi connectivity index (χ1v) is 7.95. The highest BCUT2D eigenvalue weighted by Crippen LogP contribution is 2.33. The quantitative estimate of drug-likeness (QED) is 0.825. The minimum atomic E-state index is 0.185. The van der Waals surface area contributed by atoms with Gasteiger partial charge in [0.2, 0.25) is 0 Å². The highest BCUT2D eigenvalue weighted by atomic mass is 79.9. The van der Waals surface area contributed by atoms with Crippen molar-refractivity contribution in [1.82, 2.24) is 9.47 Å². The number of aryl methyl sites for hydroxylation is 1. The molecule has 3 rings (SSSR count). The number of amides is 1. The third kappa shape index (κ3) is 1.80. The van der Waals surface area contributed by atoms with Gasteiger partial charge in [0.05, 0.1) is 14.7 Å². The number of nitrogens with zero attached hydrogens (tertiary/aromatic N) is 2. The fraction of sp³-hybridized carbons (Fsp3) is 0.462. The Balaban J connectivity index is 2.07. The average Bonchev–Trinajstić information content (AvgIpc) is 3.06. The lowest BCUT2D eigenvalue weighted by Gasteiger charge is -2.16. The van der Waals surface area contributed by atoms with Crippen LogP contribution in [0.5, 0.6) is 0 Å². The molecule has 3 heterocycles. The molecule has 96 valence electrons. The van der Waals surface area contributed by atoms with Gasteiger partial charge >= 0.3 is 0 Å². The second-order valence-corrected chi connectivity index (χ2v) is 6.34. The van der Waals surface area contributed by atoms with Crippen LogP contribution in [0.1, 0.15) is 30.3 Å². The summed E-state index contributed by atoms with van der Waals surface area (Å²) in [4.78, 5) is 14.5. The lowest BCUT2D eigenvalue weighted by molar-refractivity contribution is 0.0783. The number of rotatable bonds is 2. The number of carbonyl (C=O) groups excluding carboxylic acids is 1. The molecule has 3 nitrogen and oxygen atoms in total. The van der Waals surface area contributed by atoms with E-state index in [1.165, 1.54) is 4.70 Å². The van der Waals surface area contributed by atoms with Crippen molar-refractivity contribution < 1.29 is 4.79 Å². The summed E-state index contributed by atoms with van der Waals surface area (Å²) < 4.78 is 4.40. The van der Waals surface area contributed by atoms with Crippen LogP contribution >= 0.6 is 27.3 Å². The zero-order valence-electron chi connectivity index (χ0n) is 10.3. The molecule has 1 amide bonds. The van der Waals surface area contributed by atoms with E-state index < -0.39 is 0 Å². The molecule has 1 aliphatic heterocycles. The summed E-state index contributed by atoms with van der Waals surface area (Å²) in [5.74, 6) is 0.185. The molecule has 0 N–H and O–H groups in total. The summed E-state index contributed by atoms with van der Waals surface area (Å²) in [6.07, 6.45) is 2.27. The van der Waals surface area contributed by atoms with Gasteiger partial charge in [-0.2, -0.15) is 0 Å². The Morgan fingerprint density at radius 1 is 1.44 bits per heavy atom. The molecule has 0 aliphatic carbocycles. The molecule has 2 aromatic rings. The standard InChI is InChI=1S/C13H15BrN2OS/c1-2-16-10(13(17)15-5-3-4-6-15)7-11-12(16)9(14)8-18-11/h7-8H,2-6H2,1H3. The minimum Gasteiger partial charge on any atom is -0.337 e. The topological polar surface area (TPSA) is 25.2 Å². The molecule has 0 radical (unpaired) electrons. The molecule has 1 saturated heterocycles. The second-order valence-electron chi connectivity index (χ2n) is 4.57. The van der Waals surface area contributed by atoms with Crippen molar-refractivity contribution in [3.63, 3.8) is 0 Å². The van der Waals surface area contributed by atoms with Crippen molar-refractivity contribution in [3.05, 3.63) is 21.6 Å². The number of carbonyl (C=O) groups is 1. The second kappa shape index (κ2) is 4.70. The van der Waals surface area contributed by atoms with E-state index in [1.807, 2.05) is 11.0 Å². The van der Waals surface area contributed by atoms with Crippen molar-refractivity contribution in [2.75, 3.05) is 13.1 Å². The molecule has 0 aromatic carbocycles. The smallest absolute Gasteiger partial charge is 0.270 e. The van der Waals surface area contributed by atoms with Gasteiger partial charge in [0.1, 0.15) is 5.69 Å². The van der Waals surface area contributed by atoms with Crippen LogP contribution in [0, 0.1) is 0 Å². The van der Waals surface area contributed by atoms with Gasteiger partial charge in [0.15, 0.2) is 0 Å². The van der Waals surface area contributed by atoms with Crippen LogP contribution < -0.4 is 0 Å². The molecule has 0 spiro atoms. The van der Waals surface area contributed by atoms with Gasteiger partial charge < -0.3 is 9.47 Å². The summed E-state index contributed by atoms with van der Waals surface area (Å²) in [6.45, 7) is 4.73. The molecule has 0 saturated carbocycles. The van der Waals surface area contributed by atoms with Gasteiger partial charge in [0, 0.05) is 25.0 Å². The molecule has 0 bridgehead atoms. The number of hydrogen-bond acceptors (Lipinski definition) is 2. The Bertz CT molecular complexity index is 595. The van der Waals surface area contributed by atoms with Gasteiger partial charge in [-0.15, -0.1) is 11.3 Å². The third-order valence-electron chi connectivity index (χ3n) is 3.51. The first kappa shape index (κ1) is 12.2. The number of aromatic nitrogens is 1. The van der Waals surface area contributed by atoms with Gasteiger partial charge in [-0.25, -0.2) is 0 Å². The van der Waals surface area contributed by atoms with Crippen molar-refractivity contribution in [2.24, 2.45) is 0 Å². The first-order valence-electron chi connectivity index (χ1n) is 6.28. The van der Waals surface area contributed by atoms with Crippen molar-refractivity contribution in [3.8, 4) is 0 Å². The van der Waals surface area contributed by atoms with Crippen molar-refractivity contribution in [1.29, 1.82) is 0 Å². The lowest BCUT2D eigenvalue weighted by atomic mass is 10.3. The number of likely N-dealkylation sites (tertiary alicyclic amines) is 1. The number of halogens is 1. The summed E-state index contributed by atoms with van der Waals surface area (Å²) in [5.41, 5.74) is 1.99. The maximum Gasteiger partial charge on any atom is 0.270 e. The highest BCUT2D eigenvalue weighted by molar-refractivity contribution is 9.10. The predicted molar refractivity (Wildman–Crippen MR) is 78.3 cm³/mol. The highest BCUT2D eigenvalue weighted by Gasteiger charge is 2.24. The van der Waals surface area contributed by atoms with E-state index in [0.29, 0.717) is 0 Å². The Morgan fingerprint density at radius 2 is 2.17 bits per heavy atom. The van der Waals surface area contributed by atoms with E-state index in [0.717, 1.165) is 48.2 Å². The van der Waals surface area contributed by atoms with Crippen LogP contribution in [0.3, 0.4) is 0 Å². The van der Waals surface area contributed by atoms with Crippen LogP contribution in [0.4, 0.5) is 0 Å². The normalized spacial score (nSPS) is 15.8. The van der Waals surface area contributed by atoms with Gasteiger partial charge in [0.25, 0.3) is 5.91 Å². The fourth-order valence-corrected chi connectivity index (χ4v) is 4.31. The van der Waals surface area contributed by atoms with E-state index in [2.05, 4.69) is 32.8 Å². The zero-order chi connectivity index (χ0) is 12.7. The average molecular weight is 327 g/mol. The van der Waals surface area contributed by atoms with E-state index in [4.69, 9.17) is 0 Å². The molecule has 5 heteroatoms. The third-order valence-corrected chi connectivity index (χ3v) is 5.33. The maximum atomic E-state index is 12.5. The lowest BCUT2D eigenvalue weighted by Crippen LogP contribution is -2.29. The largest absolute Gasteiger partial charge is 0.337 e. The molecule has 18 heavy (non-hydrogen) atoms. The van der Waals surface area contributed by atoms with E-state index in [1.54, 1.807) is 11.3 Å². The first-order chi connectivity index (χ1) is 8.72. The van der Waals surface area contributed by atoms with E-state index in [9.17, 15) is 4.79 Å². The number of fused-ring (bicyclic) bond motifs is 1. The van der Waals surface area contributed by atoms with E-state index in [-0.39, 0.29) is 5.91 Å². The Labute approximate surface area is 119 Å². The molecule has 1 fully saturated rings. The van der Waals surface area contributed by atoms with Gasteiger partial charge in [-0.05, 0) is 41.8 Å². The maximum absolute atomic E-state index is 12.5. The SMILES string of the molecule is CCn1c(C(=O)N2CCCC2)cc2scc(Br)c21. The van der Waals surface area contributed by atoms with Crippen LogP contribution in [0.2, 0.25) is 0 Å². The van der Waals surface area contributed by atoms with Crippen molar-refractivity contribution >= 4 is 43.4 Å². The monoisotopic (exact) mass is 326 g/mol. The minimum absolute atomic E-state index is 0.185. The Morgan fingerprint density at radius 3 is 2.83 bits per heavy atom. The van der Waals surface area contributed by atoms with Crippen LogP contribution in [-0.4, -0.2) is 28.5 Å². The molecule has 2 aromatic heterocycles. The number of thiophene rings is 1. The zero-order valence-corrected chi connectivity index (χ0v) is 12.7. The number of hydrogen-bond donors (Lipinski definition) is 0. The Kier molecular flexibility index (Phi) is 3.20. The van der Waals surface area contributed by atoms with Crippen LogP contribution in [0.25, 0.3) is 10.2 Å². The molecule has 0 unspecified atom stereocenters. The summed E-state index contributed by atoms with van der Waals surface area (Å²) >= 11 is 5.25. The van der Waals surface area contributed by atoms with Crippen LogP contribution in [-0.2, 0) is 6.54 Å². The van der Waals surface area contributed by atoms with Crippen LogP contribution in [0.15, 0.2) is 15.9 Å². The Hall–Kier alpha value is -0.810. The molecule has 0 atom stereocenters. The molecule has 1 aliphatic rings. The molecular weight excluding hydrogens is 312 g/mol. The van der Waals surface area contributed by atoms with Gasteiger partial charge in [-0.3, -0.25) is 4.79 Å². The van der Waals surface area contributed by atoms with E-state index >= 15 is 0 Å². The molecular formula is C13H15BrN2OS. The predicted octanol–water partition coefficient (Wildman–Crippen LogP) is 3.72. The summed E-state index contributed by atoms with van der Waals surface area (Å²) in [6, 6.07) is 2.04.